The number of carbonyl (C=O) groups is 1. The van der Waals surface area contributed by atoms with Gasteiger partial charge >= 0.3 is 0 Å². The van der Waals surface area contributed by atoms with Gasteiger partial charge in [0.15, 0.2) is 0 Å². The standard InChI is InChI=1S/C18H32ClFN4O4S/c1-24-8-16(21-10-24)12-6-14(17(20)15(19)7-12)18(26)22-23-29(27,28)9-11-3-2-4-13(25)5-11/h11-17,21,23,25H,2-10H2,1H3,(H,22,26)/t11-,12?,13+,14?,15?,16?,17?/m0/s1. The molecule has 1 heterocycles. The minimum absolute atomic E-state index is 0.0468. The van der Waals surface area contributed by atoms with Crippen LogP contribution in [0.1, 0.15) is 38.5 Å². The Balaban J connectivity index is 1.54. The zero-order valence-electron chi connectivity index (χ0n) is 16.7. The Labute approximate surface area is 176 Å². The van der Waals surface area contributed by atoms with Crippen molar-refractivity contribution in [2.45, 2.75) is 62.2 Å². The molecule has 0 spiro atoms. The lowest BCUT2D eigenvalue weighted by molar-refractivity contribution is -0.129. The van der Waals surface area contributed by atoms with E-state index in [2.05, 4.69) is 20.5 Å². The molecule has 0 aromatic carbocycles. The molecule has 7 atom stereocenters. The smallest absolute Gasteiger partial charge is 0.241 e. The minimum atomic E-state index is -3.77. The van der Waals surface area contributed by atoms with Crippen LogP contribution in [0.4, 0.5) is 4.39 Å². The number of carbonyl (C=O) groups excluding carboxylic acids is 1. The summed E-state index contributed by atoms with van der Waals surface area (Å²) in [7, 11) is -1.79. The van der Waals surface area contributed by atoms with Crippen LogP contribution < -0.4 is 15.6 Å². The fourth-order valence-electron chi connectivity index (χ4n) is 4.84. The zero-order chi connectivity index (χ0) is 21.2. The van der Waals surface area contributed by atoms with Crippen molar-refractivity contribution in [2.75, 3.05) is 26.0 Å². The summed E-state index contributed by atoms with van der Waals surface area (Å²) in [5, 5.41) is 12.3. The second-order valence-electron chi connectivity index (χ2n) is 8.86. The van der Waals surface area contributed by atoms with Gasteiger partial charge in [0, 0.05) is 19.3 Å². The number of alkyl halides is 2. The van der Waals surface area contributed by atoms with Crippen LogP contribution in [-0.2, 0) is 14.8 Å². The second kappa shape index (κ2) is 9.74. The van der Waals surface area contributed by atoms with E-state index in [4.69, 9.17) is 11.6 Å². The van der Waals surface area contributed by atoms with Crippen molar-refractivity contribution in [1.29, 1.82) is 0 Å². The molecule has 168 valence electrons. The highest BCUT2D eigenvalue weighted by Crippen LogP contribution is 2.37. The number of hydrogen-bond donors (Lipinski definition) is 4. The molecule has 4 N–H and O–H groups in total. The third kappa shape index (κ3) is 6.24. The number of nitrogens with one attached hydrogen (secondary N) is 3. The molecular weight excluding hydrogens is 423 g/mol. The summed E-state index contributed by atoms with van der Waals surface area (Å²) in [5.74, 6) is -1.97. The highest BCUT2D eigenvalue weighted by molar-refractivity contribution is 7.89. The summed E-state index contributed by atoms with van der Waals surface area (Å²) < 4.78 is 39.2. The molecule has 3 aliphatic rings. The first-order valence-electron chi connectivity index (χ1n) is 10.3. The number of halogens is 2. The first-order chi connectivity index (χ1) is 13.6. The molecule has 1 amide bonds. The molecule has 2 aliphatic carbocycles. The zero-order valence-corrected chi connectivity index (χ0v) is 18.3. The van der Waals surface area contributed by atoms with Crippen molar-refractivity contribution in [3.05, 3.63) is 0 Å². The van der Waals surface area contributed by atoms with Crippen LogP contribution in [0.15, 0.2) is 0 Å². The predicted molar refractivity (Wildman–Crippen MR) is 108 cm³/mol. The van der Waals surface area contributed by atoms with Gasteiger partial charge in [0.2, 0.25) is 15.9 Å². The number of nitrogens with zero attached hydrogens (tertiary/aromatic N) is 1. The van der Waals surface area contributed by atoms with Crippen LogP contribution in [-0.4, -0.2) is 74.0 Å². The summed E-state index contributed by atoms with van der Waals surface area (Å²) in [6.07, 6.45) is 1.42. The molecule has 0 radical (unpaired) electrons. The molecule has 1 aliphatic heterocycles. The number of aliphatic hydroxyl groups is 1. The van der Waals surface area contributed by atoms with E-state index in [1.807, 2.05) is 7.05 Å². The summed E-state index contributed by atoms with van der Waals surface area (Å²) in [5.41, 5.74) is 2.20. The number of hydrogen-bond acceptors (Lipinski definition) is 6. The normalized spacial score (nSPS) is 39.4. The van der Waals surface area contributed by atoms with Crippen molar-refractivity contribution in [3.63, 3.8) is 0 Å². The Bertz CT molecular complexity index is 685. The van der Waals surface area contributed by atoms with E-state index in [-0.39, 0.29) is 23.6 Å². The maximum atomic E-state index is 14.6. The van der Waals surface area contributed by atoms with Crippen molar-refractivity contribution in [1.82, 2.24) is 20.5 Å². The van der Waals surface area contributed by atoms with E-state index in [0.717, 1.165) is 26.1 Å². The molecular formula is C18H32ClFN4O4S. The lowest BCUT2D eigenvalue weighted by atomic mass is 9.76. The van der Waals surface area contributed by atoms with Crippen LogP contribution in [0.2, 0.25) is 0 Å². The quantitative estimate of drug-likeness (QED) is 0.340. The molecule has 5 unspecified atom stereocenters. The number of rotatable bonds is 6. The van der Waals surface area contributed by atoms with Crippen LogP contribution in [0.3, 0.4) is 0 Å². The van der Waals surface area contributed by atoms with Crippen LogP contribution in [0.25, 0.3) is 0 Å². The van der Waals surface area contributed by atoms with E-state index in [0.29, 0.717) is 25.7 Å². The number of hydrazine groups is 1. The summed E-state index contributed by atoms with van der Waals surface area (Å²) in [6.45, 7) is 1.54. The Morgan fingerprint density at radius 2 is 2.07 bits per heavy atom. The van der Waals surface area contributed by atoms with Gasteiger partial charge in [-0.3, -0.25) is 20.4 Å². The third-order valence-electron chi connectivity index (χ3n) is 6.39. The van der Waals surface area contributed by atoms with Crippen LogP contribution in [0, 0.1) is 17.8 Å². The number of aliphatic hydroxyl groups excluding tert-OH is 1. The van der Waals surface area contributed by atoms with E-state index < -0.39 is 39.5 Å². The summed E-state index contributed by atoms with van der Waals surface area (Å²) >= 11 is 6.19. The van der Waals surface area contributed by atoms with Gasteiger partial charge in [-0.15, -0.1) is 16.4 Å². The molecule has 11 heteroatoms. The molecule has 1 saturated heterocycles. The lowest BCUT2D eigenvalue weighted by Crippen LogP contribution is -2.52. The molecule has 0 bridgehead atoms. The molecule has 0 aromatic rings. The lowest BCUT2D eigenvalue weighted by Gasteiger charge is -2.37. The fourth-order valence-corrected chi connectivity index (χ4v) is 6.51. The van der Waals surface area contributed by atoms with E-state index in [9.17, 15) is 22.7 Å². The van der Waals surface area contributed by atoms with Crippen LogP contribution in [0.5, 0.6) is 0 Å². The monoisotopic (exact) mass is 454 g/mol. The fraction of sp³-hybridized carbons (Fsp3) is 0.944. The van der Waals surface area contributed by atoms with Gasteiger partial charge in [-0.25, -0.2) is 12.8 Å². The van der Waals surface area contributed by atoms with E-state index in [1.165, 1.54) is 0 Å². The molecule has 3 fully saturated rings. The average Bonchev–Trinajstić information content (AvgIpc) is 3.08. The van der Waals surface area contributed by atoms with Gasteiger partial charge < -0.3 is 5.11 Å². The Morgan fingerprint density at radius 1 is 1.31 bits per heavy atom. The van der Waals surface area contributed by atoms with Gasteiger partial charge in [-0.2, -0.15) is 0 Å². The number of amides is 1. The van der Waals surface area contributed by atoms with Crippen molar-refractivity contribution in [3.8, 4) is 0 Å². The second-order valence-corrected chi connectivity index (χ2v) is 11.2. The average molecular weight is 455 g/mol. The highest BCUT2D eigenvalue weighted by atomic mass is 35.5. The van der Waals surface area contributed by atoms with Gasteiger partial charge in [0.1, 0.15) is 6.17 Å². The minimum Gasteiger partial charge on any atom is -0.393 e. The van der Waals surface area contributed by atoms with Crippen molar-refractivity contribution < 1.29 is 22.7 Å². The number of likely N-dealkylation sites (N-methyl/N-ethyl adjacent to an activating group) is 1. The Morgan fingerprint density at radius 3 is 2.72 bits per heavy atom. The van der Waals surface area contributed by atoms with Gasteiger partial charge in [-0.05, 0) is 51.0 Å². The largest absolute Gasteiger partial charge is 0.393 e. The summed E-state index contributed by atoms with van der Waals surface area (Å²) in [4.78, 5) is 16.8. The van der Waals surface area contributed by atoms with E-state index in [1.54, 1.807) is 0 Å². The first-order valence-corrected chi connectivity index (χ1v) is 12.4. The molecule has 3 rings (SSSR count). The highest BCUT2D eigenvalue weighted by Gasteiger charge is 2.44. The summed E-state index contributed by atoms with van der Waals surface area (Å²) in [6, 6.07) is 0.137. The number of sulfonamides is 1. The SMILES string of the molecule is CN1CNC(C2CC(Cl)C(F)C(C(=O)NNS(=O)(=O)C[C@H]3CCC[C@@H](O)C3)C2)C1. The van der Waals surface area contributed by atoms with E-state index >= 15 is 0 Å². The molecule has 0 aromatic heterocycles. The van der Waals surface area contributed by atoms with Gasteiger partial charge in [-0.1, -0.05) is 6.42 Å². The van der Waals surface area contributed by atoms with Crippen molar-refractivity contribution in [2.24, 2.45) is 17.8 Å². The van der Waals surface area contributed by atoms with Gasteiger partial charge in [0.05, 0.1) is 23.2 Å². The molecule has 8 nitrogen and oxygen atoms in total. The molecule has 2 saturated carbocycles. The first kappa shape index (κ1) is 23.1. The third-order valence-corrected chi connectivity index (χ3v) is 8.13. The Hall–Kier alpha value is -0.520. The maximum Gasteiger partial charge on any atom is 0.241 e. The van der Waals surface area contributed by atoms with Crippen LogP contribution >= 0.6 is 11.6 Å². The maximum absolute atomic E-state index is 14.6. The Kier molecular flexibility index (Phi) is 7.77. The predicted octanol–water partition coefficient (Wildman–Crippen LogP) is 0.321. The molecule has 29 heavy (non-hydrogen) atoms. The van der Waals surface area contributed by atoms with Gasteiger partial charge in [0.25, 0.3) is 0 Å². The van der Waals surface area contributed by atoms with Crippen molar-refractivity contribution >= 4 is 27.5 Å². The topological polar surface area (TPSA) is 111 Å².